The quantitative estimate of drug-likeness (QED) is 0.220. The van der Waals surface area contributed by atoms with Crippen LogP contribution in [0, 0.1) is 0 Å². The van der Waals surface area contributed by atoms with Crippen molar-refractivity contribution in [2.24, 2.45) is 10.2 Å². The largest absolute Gasteiger partial charge is 0.426 e. The lowest BCUT2D eigenvalue weighted by Gasteiger charge is -2.31. The van der Waals surface area contributed by atoms with Gasteiger partial charge in [0.2, 0.25) is 0 Å². The molecule has 180 valence electrons. The van der Waals surface area contributed by atoms with Crippen LogP contribution in [0.5, 0.6) is 0 Å². The molecule has 0 saturated carbocycles. The zero-order valence-electron chi connectivity index (χ0n) is 17.1. The molecule has 0 aromatic heterocycles. The van der Waals surface area contributed by atoms with Crippen molar-refractivity contribution in [1.82, 2.24) is 0 Å². The monoisotopic (exact) mass is 488 g/mol. The van der Waals surface area contributed by atoms with Crippen molar-refractivity contribution in [3.05, 3.63) is 84.4 Å². The van der Waals surface area contributed by atoms with Crippen molar-refractivity contribution in [1.29, 1.82) is 0 Å². The van der Waals surface area contributed by atoms with Crippen LogP contribution in [0.25, 0.3) is 11.1 Å². The van der Waals surface area contributed by atoms with Crippen LogP contribution in [0.3, 0.4) is 0 Å². The molecule has 11 heteroatoms. The SMILES string of the molecule is FC(F)C(F)(F)C(F)(F)C(F)(F)OCc1ccc(N=Nc2ccc(-c3ccccc3)cc2)cc1. The molecule has 3 aromatic carbocycles. The second kappa shape index (κ2) is 9.88. The van der Waals surface area contributed by atoms with E-state index in [2.05, 4.69) is 15.0 Å². The molecule has 3 aromatic rings. The summed E-state index contributed by atoms with van der Waals surface area (Å²) in [4.78, 5) is 0. The molecule has 0 radical (unpaired) electrons. The lowest BCUT2D eigenvalue weighted by molar-refractivity contribution is -0.415. The summed E-state index contributed by atoms with van der Waals surface area (Å²) in [5.74, 6) is -12.7. The average molecular weight is 488 g/mol. The standard InChI is InChI=1S/C23H16F8N2O/c24-20(25)21(26,27)22(28,29)23(30,31)34-14-15-6-10-18(11-7-15)32-33-19-12-8-17(9-13-19)16-4-2-1-3-5-16/h1-13,20H,14H2. The predicted molar refractivity (Wildman–Crippen MR) is 108 cm³/mol. The van der Waals surface area contributed by atoms with Crippen LogP contribution in [0.4, 0.5) is 46.5 Å². The second-order valence-electron chi connectivity index (χ2n) is 7.08. The first kappa shape index (κ1) is 25.3. The van der Waals surface area contributed by atoms with Crippen molar-refractivity contribution in [2.45, 2.75) is 31.0 Å². The van der Waals surface area contributed by atoms with Gasteiger partial charge in [0.25, 0.3) is 0 Å². The lowest BCUT2D eigenvalue weighted by Crippen LogP contribution is -2.58. The van der Waals surface area contributed by atoms with Gasteiger partial charge < -0.3 is 4.74 Å². The minimum Gasteiger partial charge on any atom is -0.311 e. The Balaban J connectivity index is 1.61. The third-order valence-corrected chi connectivity index (χ3v) is 4.67. The third kappa shape index (κ3) is 5.41. The van der Waals surface area contributed by atoms with Crippen molar-refractivity contribution >= 4 is 11.4 Å². The number of halogens is 8. The summed E-state index contributed by atoms with van der Waals surface area (Å²) in [6.45, 7) is -1.24. The second-order valence-corrected chi connectivity index (χ2v) is 7.08. The average Bonchev–Trinajstić information content (AvgIpc) is 2.82. The number of hydrogen-bond donors (Lipinski definition) is 0. The first-order valence-electron chi connectivity index (χ1n) is 9.66. The van der Waals surface area contributed by atoms with E-state index in [0.717, 1.165) is 23.3 Å². The van der Waals surface area contributed by atoms with E-state index in [4.69, 9.17) is 0 Å². The first-order chi connectivity index (χ1) is 15.9. The van der Waals surface area contributed by atoms with Gasteiger partial charge in [0.15, 0.2) is 0 Å². The molecule has 0 aliphatic heterocycles. The van der Waals surface area contributed by atoms with E-state index in [-0.39, 0.29) is 11.3 Å². The van der Waals surface area contributed by atoms with Crippen molar-refractivity contribution in [3.63, 3.8) is 0 Å². The summed E-state index contributed by atoms with van der Waals surface area (Å²) in [5.41, 5.74) is 2.68. The number of alkyl halides is 8. The Bertz CT molecular complexity index is 1100. The summed E-state index contributed by atoms with van der Waals surface area (Å²) in [6, 6.07) is 21.7. The van der Waals surface area contributed by atoms with Crippen LogP contribution in [0.2, 0.25) is 0 Å². The fourth-order valence-electron chi connectivity index (χ4n) is 2.72. The number of nitrogens with zero attached hydrogens (tertiary/aromatic N) is 2. The number of azo groups is 1. The summed E-state index contributed by atoms with van der Waals surface area (Å²) >= 11 is 0. The molecule has 0 heterocycles. The molecule has 34 heavy (non-hydrogen) atoms. The summed E-state index contributed by atoms with van der Waals surface area (Å²) in [5, 5.41) is 7.98. The third-order valence-electron chi connectivity index (χ3n) is 4.67. The van der Waals surface area contributed by atoms with Gasteiger partial charge in [-0.3, -0.25) is 0 Å². The van der Waals surface area contributed by atoms with Gasteiger partial charge >= 0.3 is 24.4 Å². The Kier molecular flexibility index (Phi) is 7.35. The molecule has 0 bridgehead atoms. The summed E-state index contributed by atoms with van der Waals surface area (Å²) < 4.78 is 107. The van der Waals surface area contributed by atoms with Crippen molar-refractivity contribution in [2.75, 3.05) is 0 Å². The van der Waals surface area contributed by atoms with E-state index in [1.165, 1.54) is 12.1 Å². The minimum atomic E-state index is -6.42. The highest BCUT2D eigenvalue weighted by atomic mass is 19.4. The van der Waals surface area contributed by atoms with Gasteiger partial charge in [0.05, 0.1) is 18.0 Å². The summed E-state index contributed by atoms with van der Waals surface area (Å²) in [7, 11) is 0. The molecule has 0 saturated heterocycles. The van der Waals surface area contributed by atoms with E-state index < -0.39 is 31.0 Å². The van der Waals surface area contributed by atoms with Crippen LogP contribution < -0.4 is 0 Å². The van der Waals surface area contributed by atoms with E-state index >= 15 is 0 Å². The fraction of sp³-hybridized carbons (Fsp3) is 0.217. The molecule has 0 unspecified atom stereocenters. The first-order valence-corrected chi connectivity index (χ1v) is 9.66. The van der Waals surface area contributed by atoms with E-state index in [0.29, 0.717) is 5.69 Å². The highest BCUT2D eigenvalue weighted by Crippen LogP contribution is 2.49. The van der Waals surface area contributed by atoms with Crippen LogP contribution in [-0.4, -0.2) is 24.4 Å². The maximum atomic E-state index is 13.4. The molecule has 3 rings (SSSR count). The Morgan fingerprint density at radius 1 is 0.647 bits per heavy atom. The van der Waals surface area contributed by atoms with Gasteiger partial charge in [-0.05, 0) is 41.0 Å². The maximum Gasteiger partial charge on any atom is 0.426 e. The topological polar surface area (TPSA) is 34.0 Å². The molecular weight excluding hydrogens is 472 g/mol. The molecule has 0 spiro atoms. The van der Waals surface area contributed by atoms with Crippen LogP contribution in [0.15, 0.2) is 89.1 Å². The van der Waals surface area contributed by atoms with Crippen LogP contribution in [0.1, 0.15) is 5.56 Å². The molecule has 3 nitrogen and oxygen atoms in total. The molecule has 0 aliphatic rings. The zero-order valence-corrected chi connectivity index (χ0v) is 17.1. The number of rotatable bonds is 9. The van der Waals surface area contributed by atoms with Gasteiger partial charge in [-0.2, -0.15) is 36.6 Å². The van der Waals surface area contributed by atoms with Gasteiger partial charge in [0, 0.05) is 0 Å². The Morgan fingerprint density at radius 3 is 1.62 bits per heavy atom. The molecule has 0 atom stereocenters. The number of hydrogen-bond acceptors (Lipinski definition) is 3. The van der Waals surface area contributed by atoms with Crippen molar-refractivity contribution < 1.29 is 39.9 Å². The van der Waals surface area contributed by atoms with Crippen LogP contribution >= 0.6 is 0 Å². The molecule has 0 N–H and O–H groups in total. The van der Waals surface area contributed by atoms with Gasteiger partial charge in [-0.1, -0.05) is 54.6 Å². The van der Waals surface area contributed by atoms with E-state index in [1.807, 2.05) is 42.5 Å². The lowest BCUT2D eigenvalue weighted by atomic mass is 10.1. The summed E-state index contributed by atoms with van der Waals surface area (Å²) in [6.07, 6.45) is -10.8. The highest BCUT2D eigenvalue weighted by Gasteiger charge is 2.76. The van der Waals surface area contributed by atoms with Crippen molar-refractivity contribution in [3.8, 4) is 11.1 Å². The highest BCUT2D eigenvalue weighted by molar-refractivity contribution is 5.65. The fourth-order valence-corrected chi connectivity index (χ4v) is 2.72. The Hall–Kier alpha value is -3.34. The molecule has 0 amide bonds. The van der Waals surface area contributed by atoms with E-state index in [1.54, 1.807) is 12.1 Å². The minimum absolute atomic E-state index is 0.109. The van der Waals surface area contributed by atoms with Crippen LogP contribution in [-0.2, 0) is 11.3 Å². The predicted octanol–water partition coefficient (Wildman–Crippen LogP) is 8.41. The molecule has 0 fully saturated rings. The van der Waals surface area contributed by atoms with Gasteiger partial charge in [0.1, 0.15) is 0 Å². The molecular formula is C23H16F8N2O. The number of ether oxygens (including phenoxy) is 1. The zero-order chi connectivity index (χ0) is 25.0. The van der Waals surface area contributed by atoms with Gasteiger partial charge in [-0.15, -0.1) is 0 Å². The van der Waals surface area contributed by atoms with E-state index in [9.17, 15) is 35.1 Å². The van der Waals surface area contributed by atoms with Gasteiger partial charge in [-0.25, -0.2) is 8.78 Å². The normalized spacial score (nSPS) is 13.1. The smallest absolute Gasteiger partial charge is 0.311 e. The molecule has 0 aliphatic carbocycles. The Morgan fingerprint density at radius 2 is 1.12 bits per heavy atom. The Labute approximate surface area is 188 Å². The number of benzene rings is 3. The maximum absolute atomic E-state index is 13.4.